The highest BCUT2D eigenvalue weighted by molar-refractivity contribution is 6.35. The van der Waals surface area contributed by atoms with Gasteiger partial charge in [-0.05, 0) is 42.0 Å². The molecule has 1 aliphatic rings. The molecule has 1 aliphatic heterocycles. The minimum atomic E-state index is -0.564. The highest BCUT2D eigenvalue weighted by atomic mass is 35.5. The van der Waals surface area contributed by atoms with Crippen molar-refractivity contribution in [3.63, 3.8) is 0 Å². The van der Waals surface area contributed by atoms with Gasteiger partial charge in [0.05, 0.1) is 11.1 Å². The Morgan fingerprint density at radius 2 is 1.74 bits per heavy atom. The maximum atomic E-state index is 12.8. The Hall–Kier alpha value is -3.58. The highest BCUT2D eigenvalue weighted by Gasteiger charge is 2.24. The summed E-state index contributed by atoms with van der Waals surface area (Å²) in [5.74, 6) is 0.627. The van der Waals surface area contributed by atoms with Gasteiger partial charge in [-0.15, -0.1) is 0 Å². The fourth-order valence-corrected chi connectivity index (χ4v) is 4.91. The number of benzene rings is 3. The first-order valence-electron chi connectivity index (χ1n) is 10.9. The fourth-order valence-electron chi connectivity index (χ4n) is 4.44. The van der Waals surface area contributed by atoms with Crippen LogP contribution in [-0.2, 0) is 13.1 Å². The van der Waals surface area contributed by atoms with Crippen LogP contribution in [0, 0.1) is 0 Å². The van der Waals surface area contributed by atoms with Crippen LogP contribution in [-0.4, -0.2) is 11.6 Å². The van der Waals surface area contributed by atoms with Gasteiger partial charge < -0.3 is 13.6 Å². The molecule has 6 rings (SSSR count). The zero-order chi connectivity index (χ0) is 24.1. The summed E-state index contributed by atoms with van der Waals surface area (Å²) in [6.07, 6.45) is 0. The van der Waals surface area contributed by atoms with Gasteiger partial charge in [0.25, 0.3) is 0 Å². The summed E-state index contributed by atoms with van der Waals surface area (Å²) in [7, 11) is 0. The number of hydrogen-bond donors (Lipinski definition) is 0. The summed E-state index contributed by atoms with van der Waals surface area (Å²) < 4.78 is 17.1. The number of hydrogen-bond acceptors (Lipinski definition) is 6. The van der Waals surface area contributed by atoms with Crippen molar-refractivity contribution in [2.45, 2.75) is 13.1 Å². The van der Waals surface area contributed by atoms with E-state index in [0.717, 1.165) is 16.5 Å². The van der Waals surface area contributed by atoms with Crippen LogP contribution in [0.15, 0.2) is 85.2 Å². The molecule has 35 heavy (non-hydrogen) atoms. The summed E-state index contributed by atoms with van der Waals surface area (Å²) in [5.41, 5.74) is 2.15. The third-order valence-electron chi connectivity index (χ3n) is 6.10. The normalized spacial score (nSPS) is 13.7. The van der Waals surface area contributed by atoms with Gasteiger partial charge in [-0.25, -0.2) is 9.59 Å². The maximum Gasteiger partial charge on any atom is 0.344 e. The van der Waals surface area contributed by atoms with E-state index in [0.29, 0.717) is 63.3 Å². The smallest absolute Gasteiger partial charge is 0.344 e. The molecule has 0 amide bonds. The lowest BCUT2D eigenvalue weighted by molar-refractivity contribution is 0.0890. The van der Waals surface area contributed by atoms with E-state index in [1.54, 1.807) is 36.4 Å². The molecule has 0 atom stereocenters. The van der Waals surface area contributed by atoms with Gasteiger partial charge >= 0.3 is 11.3 Å². The number of rotatable bonds is 3. The average molecular weight is 506 g/mol. The fraction of sp³-hybridized carbons (Fsp3) is 0.111. The first-order valence-corrected chi connectivity index (χ1v) is 11.6. The maximum absolute atomic E-state index is 12.8. The lowest BCUT2D eigenvalue weighted by atomic mass is 9.99. The molecule has 2 aromatic heterocycles. The van der Waals surface area contributed by atoms with Crippen LogP contribution in [0.3, 0.4) is 0 Å². The molecule has 174 valence electrons. The van der Waals surface area contributed by atoms with Crippen molar-refractivity contribution in [1.29, 1.82) is 0 Å². The minimum Gasteiger partial charge on any atom is -0.478 e. The van der Waals surface area contributed by atoms with Crippen LogP contribution in [0.5, 0.6) is 5.75 Å². The van der Waals surface area contributed by atoms with E-state index in [1.165, 1.54) is 6.07 Å². The first-order chi connectivity index (χ1) is 17.0. The average Bonchev–Trinajstić information content (AvgIpc) is 2.85. The summed E-state index contributed by atoms with van der Waals surface area (Å²) in [5, 5.41) is 2.52. The van der Waals surface area contributed by atoms with Gasteiger partial charge in [-0.2, -0.15) is 0 Å². The highest BCUT2D eigenvalue weighted by Crippen LogP contribution is 2.36. The predicted octanol–water partition coefficient (Wildman–Crippen LogP) is 6.23. The molecular weight excluding hydrogens is 489 g/mol. The van der Waals surface area contributed by atoms with Crippen molar-refractivity contribution in [2.24, 2.45) is 0 Å². The molecule has 3 heterocycles. The molecule has 0 radical (unpaired) electrons. The van der Waals surface area contributed by atoms with Crippen molar-refractivity contribution in [2.75, 3.05) is 6.73 Å². The van der Waals surface area contributed by atoms with Gasteiger partial charge in [0.2, 0.25) is 0 Å². The second kappa shape index (κ2) is 8.57. The number of halogens is 2. The van der Waals surface area contributed by atoms with E-state index >= 15 is 0 Å². The van der Waals surface area contributed by atoms with Crippen LogP contribution in [0.25, 0.3) is 33.1 Å². The van der Waals surface area contributed by atoms with Gasteiger partial charge in [0, 0.05) is 45.5 Å². The zero-order valence-corrected chi connectivity index (χ0v) is 19.7. The largest absolute Gasteiger partial charge is 0.478 e. The van der Waals surface area contributed by atoms with Crippen molar-refractivity contribution >= 4 is 45.1 Å². The predicted molar refractivity (Wildman–Crippen MR) is 135 cm³/mol. The van der Waals surface area contributed by atoms with Gasteiger partial charge in [-0.1, -0.05) is 47.5 Å². The molecule has 8 heteroatoms. The lowest BCUT2D eigenvalue weighted by Gasteiger charge is -2.29. The monoisotopic (exact) mass is 505 g/mol. The van der Waals surface area contributed by atoms with E-state index in [-0.39, 0.29) is 0 Å². The molecule has 0 bridgehead atoms. The van der Waals surface area contributed by atoms with Crippen LogP contribution in [0.4, 0.5) is 0 Å². The van der Waals surface area contributed by atoms with Crippen molar-refractivity contribution < 1.29 is 13.6 Å². The van der Waals surface area contributed by atoms with Crippen molar-refractivity contribution in [3.8, 4) is 16.9 Å². The van der Waals surface area contributed by atoms with Crippen molar-refractivity contribution in [1.82, 2.24) is 4.90 Å². The van der Waals surface area contributed by atoms with Gasteiger partial charge in [0.1, 0.15) is 23.6 Å². The molecule has 0 aliphatic carbocycles. The molecule has 0 saturated heterocycles. The number of para-hydroxylation sites is 1. The van der Waals surface area contributed by atoms with E-state index in [9.17, 15) is 9.59 Å². The van der Waals surface area contributed by atoms with E-state index in [1.807, 2.05) is 29.2 Å². The summed E-state index contributed by atoms with van der Waals surface area (Å²) in [4.78, 5) is 27.5. The second-order valence-electron chi connectivity index (χ2n) is 8.38. The molecule has 0 saturated carbocycles. The number of nitrogens with zero attached hydrogens (tertiary/aromatic N) is 1. The summed E-state index contributed by atoms with van der Waals surface area (Å²) in [6.45, 7) is 1.32. The molecule has 0 unspecified atom stereocenters. The molecule has 0 spiro atoms. The van der Waals surface area contributed by atoms with E-state index in [2.05, 4.69) is 0 Å². The Morgan fingerprint density at radius 3 is 2.60 bits per heavy atom. The summed E-state index contributed by atoms with van der Waals surface area (Å²) in [6, 6.07) is 19.3. The molecular formula is C27H17Cl2NO5. The molecule has 0 N–H and O–H groups in total. The van der Waals surface area contributed by atoms with Crippen LogP contribution < -0.4 is 16.0 Å². The van der Waals surface area contributed by atoms with Crippen LogP contribution in [0.2, 0.25) is 10.0 Å². The Balaban J connectivity index is 1.46. The third-order valence-corrected chi connectivity index (χ3v) is 6.68. The van der Waals surface area contributed by atoms with Gasteiger partial charge in [0.15, 0.2) is 0 Å². The van der Waals surface area contributed by atoms with Crippen LogP contribution >= 0.6 is 23.2 Å². The Morgan fingerprint density at radius 1 is 0.886 bits per heavy atom. The molecule has 0 fully saturated rings. The third kappa shape index (κ3) is 4.00. The van der Waals surface area contributed by atoms with Crippen molar-refractivity contribution in [3.05, 3.63) is 109 Å². The molecule has 5 aromatic rings. The quantitative estimate of drug-likeness (QED) is 0.271. The SMILES string of the molecule is O=c1cc(-c2cc3ccccc3oc2=O)c2ccc3c(c2o1)CN(Cc1ccc(Cl)cc1Cl)CO3. The zero-order valence-electron chi connectivity index (χ0n) is 18.2. The standard InChI is InChI=1S/C27H17Cl2NO5/c28-17-6-5-16(22(29)10-17)12-30-13-21-24(33-14-30)8-7-18-19(11-25(31)35-26(18)21)20-9-15-3-1-2-4-23(15)34-27(20)32/h1-11H,12-14H2. The molecule has 3 aromatic carbocycles. The van der Waals surface area contributed by atoms with Gasteiger partial charge in [-0.3, -0.25) is 4.90 Å². The molecule has 6 nitrogen and oxygen atoms in total. The summed E-state index contributed by atoms with van der Waals surface area (Å²) >= 11 is 12.4. The second-order valence-corrected chi connectivity index (χ2v) is 9.22. The first kappa shape index (κ1) is 21.9. The van der Waals surface area contributed by atoms with E-state index in [4.69, 9.17) is 36.8 Å². The Bertz CT molecular complexity index is 1740. The number of ether oxygens (including phenoxy) is 1. The number of fused-ring (bicyclic) bond motifs is 4. The minimum absolute atomic E-state index is 0.295. The lowest BCUT2D eigenvalue weighted by Crippen LogP contribution is -2.31. The Kier molecular flexibility index (Phi) is 5.37. The van der Waals surface area contributed by atoms with Crippen LogP contribution in [0.1, 0.15) is 11.1 Å². The topological polar surface area (TPSA) is 72.9 Å². The Labute approximate surface area is 208 Å². The van der Waals surface area contributed by atoms with E-state index < -0.39 is 11.3 Å².